The molecule has 2 amide bonds. The largest absolute Gasteiger partial charge is 0.416 e. The molecule has 0 bridgehead atoms. The van der Waals surface area contributed by atoms with Gasteiger partial charge in [0.05, 0.1) is 17.2 Å². The van der Waals surface area contributed by atoms with Crippen molar-refractivity contribution >= 4 is 17.5 Å². The number of halogens is 3. The quantitative estimate of drug-likeness (QED) is 0.801. The molecule has 3 nitrogen and oxygen atoms in total. The second-order valence-electron chi connectivity index (χ2n) is 5.71. The summed E-state index contributed by atoms with van der Waals surface area (Å²) < 4.78 is 38.5. The molecular formula is C18H14F3NO2. The number of amides is 2. The maximum atomic E-state index is 12.8. The summed E-state index contributed by atoms with van der Waals surface area (Å²) in [4.78, 5) is 25.5. The van der Waals surface area contributed by atoms with Crippen molar-refractivity contribution in [2.24, 2.45) is 5.92 Å². The monoisotopic (exact) mass is 333 g/mol. The predicted molar refractivity (Wildman–Crippen MR) is 82.2 cm³/mol. The normalized spacial score (nSPS) is 18.3. The van der Waals surface area contributed by atoms with Crippen LogP contribution in [0.25, 0.3) is 0 Å². The van der Waals surface area contributed by atoms with Crippen LogP contribution in [-0.2, 0) is 22.2 Å². The van der Waals surface area contributed by atoms with Crippen LogP contribution in [0.1, 0.15) is 17.5 Å². The van der Waals surface area contributed by atoms with Gasteiger partial charge in [0.15, 0.2) is 0 Å². The number of hydrogen-bond acceptors (Lipinski definition) is 2. The maximum absolute atomic E-state index is 12.8. The first-order chi connectivity index (χ1) is 11.4. The van der Waals surface area contributed by atoms with Crippen LogP contribution in [0.3, 0.4) is 0 Å². The molecular weight excluding hydrogens is 319 g/mol. The Balaban J connectivity index is 1.85. The average Bonchev–Trinajstić information content (AvgIpc) is 2.82. The van der Waals surface area contributed by atoms with Gasteiger partial charge in [0, 0.05) is 6.42 Å². The van der Waals surface area contributed by atoms with Crippen molar-refractivity contribution in [3.63, 3.8) is 0 Å². The van der Waals surface area contributed by atoms with Crippen molar-refractivity contribution in [2.75, 3.05) is 4.90 Å². The molecule has 0 radical (unpaired) electrons. The smallest absolute Gasteiger partial charge is 0.274 e. The SMILES string of the molecule is O=C1C[C@H](Cc2ccccc2)C(=O)N1c1cccc(C(F)(F)F)c1. The van der Waals surface area contributed by atoms with E-state index in [4.69, 9.17) is 0 Å². The summed E-state index contributed by atoms with van der Waals surface area (Å²) in [7, 11) is 0. The van der Waals surface area contributed by atoms with Crippen LogP contribution in [0.4, 0.5) is 18.9 Å². The second-order valence-corrected chi connectivity index (χ2v) is 5.71. The van der Waals surface area contributed by atoms with Gasteiger partial charge in [-0.3, -0.25) is 14.5 Å². The Morgan fingerprint density at radius 1 is 1.00 bits per heavy atom. The van der Waals surface area contributed by atoms with Crippen molar-refractivity contribution in [3.8, 4) is 0 Å². The van der Waals surface area contributed by atoms with Gasteiger partial charge >= 0.3 is 6.18 Å². The van der Waals surface area contributed by atoms with Gasteiger partial charge in [-0.25, -0.2) is 0 Å². The van der Waals surface area contributed by atoms with Gasteiger partial charge in [0.1, 0.15) is 0 Å². The molecule has 0 aromatic heterocycles. The highest BCUT2D eigenvalue weighted by molar-refractivity contribution is 6.21. The Kier molecular flexibility index (Phi) is 4.13. The zero-order valence-corrected chi connectivity index (χ0v) is 12.6. The van der Waals surface area contributed by atoms with Gasteiger partial charge in [-0.2, -0.15) is 13.2 Å². The van der Waals surface area contributed by atoms with E-state index < -0.39 is 29.5 Å². The average molecular weight is 333 g/mol. The minimum absolute atomic E-state index is 0.00394. The van der Waals surface area contributed by atoms with Crippen LogP contribution < -0.4 is 4.90 Å². The topological polar surface area (TPSA) is 37.4 Å². The first-order valence-corrected chi connectivity index (χ1v) is 7.44. The third kappa shape index (κ3) is 3.18. The Morgan fingerprint density at radius 3 is 2.38 bits per heavy atom. The number of carbonyl (C=O) groups is 2. The van der Waals surface area contributed by atoms with Crippen LogP contribution >= 0.6 is 0 Å². The van der Waals surface area contributed by atoms with Gasteiger partial charge in [-0.05, 0) is 30.2 Å². The van der Waals surface area contributed by atoms with E-state index in [1.54, 1.807) is 0 Å². The van der Waals surface area contributed by atoms with Crippen molar-refractivity contribution in [1.82, 2.24) is 0 Å². The molecule has 3 rings (SSSR count). The van der Waals surface area contributed by atoms with Crippen LogP contribution in [0, 0.1) is 5.92 Å². The number of carbonyl (C=O) groups excluding carboxylic acids is 2. The lowest BCUT2D eigenvalue weighted by Crippen LogP contribution is -2.31. The van der Waals surface area contributed by atoms with Gasteiger partial charge in [-0.1, -0.05) is 36.4 Å². The molecule has 0 spiro atoms. The first kappa shape index (κ1) is 16.2. The van der Waals surface area contributed by atoms with Crippen LogP contribution in [0.5, 0.6) is 0 Å². The molecule has 2 aromatic rings. The Labute approximate surface area is 136 Å². The third-order valence-corrected chi connectivity index (χ3v) is 4.00. The lowest BCUT2D eigenvalue weighted by Gasteiger charge is -2.17. The first-order valence-electron chi connectivity index (χ1n) is 7.44. The molecule has 0 N–H and O–H groups in total. The predicted octanol–water partition coefficient (Wildman–Crippen LogP) is 3.83. The number of alkyl halides is 3. The van der Waals surface area contributed by atoms with E-state index in [2.05, 4.69) is 0 Å². The molecule has 2 aromatic carbocycles. The number of benzene rings is 2. The van der Waals surface area contributed by atoms with Gasteiger partial charge in [0.2, 0.25) is 11.8 Å². The Bertz CT molecular complexity index is 771. The fourth-order valence-corrected chi connectivity index (χ4v) is 2.85. The van der Waals surface area contributed by atoms with Crippen molar-refractivity contribution in [3.05, 3.63) is 65.7 Å². The van der Waals surface area contributed by atoms with Gasteiger partial charge in [-0.15, -0.1) is 0 Å². The lowest BCUT2D eigenvalue weighted by atomic mass is 9.98. The molecule has 0 unspecified atom stereocenters. The highest BCUT2D eigenvalue weighted by Gasteiger charge is 2.40. The standard InChI is InChI=1S/C18H14F3NO2/c19-18(20,21)14-7-4-8-15(11-14)22-16(23)10-13(17(22)24)9-12-5-2-1-3-6-12/h1-8,11,13H,9-10H2/t13-/m0/s1. The summed E-state index contributed by atoms with van der Waals surface area (Å²) in [6, 6.07) is 13.5. The zero-order valence-electron chi connectivity index (χ0n) is 12.6. The molecule has 1 heterocycles. The minimum Gasteiger partial charge on any atom is -0.274 e. The van der Waals surface area contributed by atoms with E-state index in [1.807, 2.05) is 30.3 Å². The summed E-state index contributed by atoms with van der Waals surface area (Å²) in [5, 5.41) is 0. The summed E-state index contributed by atoms with van der Waals surface area (Å²) in [6.45, 7) is 0. The van der Waals surface area contributed by atoms with Gasteiger partial charge < -0.3 is 0 Å². The summed E-state index contributed by atoms with van der Waals surface area (Å²) in [6.07, 6.45) is -4.13. The van der Waals surface area contributed by atoms with Crippen LogP contribution in [-0.4, -0.2) is 11.8 Å². The third-order valence-electron chi connectivity index (χ3n) is 4.00. The van der Waals surface area contributed by atoms with E-state index in [0.29, 0.717) is 6.42 Å². The highest BCUT2D eigenvalue weighted by Crippen LogP contribution is 2.34. The molecule has 1 aliphatic heterocycles. The van der Waals surface area contributed by atoms with E-state index in [9.17, 15) is 22.8 Å². The number of hydrogen-bond donors (Lipinski definition) is 0. The molecule has 124 valence electrons. The van der Waals surface area contributed by atoms with Crippen molar-refractivity contribution in [1.29, 1.82) is 0 Å². The fourth-order valence-electron chi connectivity index (χ4n) is 2.85. The van der Waals surface area contributed by atoms with Crippen LogP contribution in [0.15, 0.2) is 54.6 Å². The lowest BCUT2D eigenvalue weighted by molar-refractivity contribution is -0.137. The molecule has 1 saturated heterocycles. The summed E-state index contributed by atoms with van der Waals surface area (Å²) >= 11 is 0. The molecule has 6 heteroatoms. The number of rotatable bonds is 3. The summed E-state index contributed by atoms with van der Waals surface area (Å²) in [5.41, 5.74) is -0.00274. The van der Waals surface area contributed by atoms with Crippen molar-refractivity contribution < 1.29 is 22.8 Å². The number of anilines is 1. The van der Waals surface area contributed by atoms with E-state index in [0.717, 1.165) is 22.6 Å². The second kappa shape index (κ2) is 6.11. The zero-order chi connectivity index (χ0) is 17.3. The molecule has 1 fully saturated rings. The molecule has 0 aliphatic carbocycles. The molecule has 1 atom stereocenters. The maximum Gasteiger partial charge on any atom is 0.416 e. The minimum atomic E-state index is -4.52. The van der Waals surface area contributed by atoms with E-state index >= 15 is 0 Å². The molecule has 0 saturated carbocycles. The number of imide groups is 1. The van der Waals surface area contributed by atoms with Gasteiger partial charge in [0.25, 0.3) is 0 Å². The van der Waals surface area contributed by atoms with E-state index in [-0.39, 0.29) is 12.1 Å². The summed E-state index contributed by atoms with van der Waals surface area (Å²) in [5.74, 6) is -1.47. The highest BCUT2D eigenvalue weighted by atomic mass is 19.4. The number of nitrogens with zero attached hydrogens (tertiary/aromatic N) is 1. The van der Waals surface area contributed by atoms with Crippen LogP contribution in [0.2, 0.25) is 0 Å². The molecule has 24 heavy (non-hydrogen) atoms. The van der Waals surface area contributed by atoms with Crippen molar-refractivity contribution in [2.45, 2.75) is 19.0 Å². The Hall–Kier alpha value is -2.63. The Morgan fingerprint density at radius 2 is 1.71 bits per heavy atom. The van der Waals surface area contributed by atoms with E-state index in [1.165, 1.54) is 12.1 Å². The fraction of sp³-hybridized carbons (Fsp3) is 0.222. The molecule has 1 aliphatic rings.